The van der Waals surface area contributed by atoms with Gasteiger partial charge in [-0.3, -0.25) is 0 Å². The summed E-state index contributed by atoms with van der Waals surface area (Å²) < 4.78 is 0. The zero-order chi connectivity index (χ0) is 8.97. The number of hydrogen-bond acceptors (Lipinski definition) is 3. The Morgan fingerprint density at radius 1 is 1.50 bits per heavy atom. The van der Waals surface area contributed by atoms with Crippen molar-refractivity contribution < 1.29 is 5.11 Å². The molecule has 0 bridgehead atoms. The van der Waals surface area contributed by atoms with Crippen LogP contribution in [0.1, 0.15) is 5.56 Å². The molecule has 0 aliphatic heterocycles. The monoisotopic (exact) mass is 164 g/mol. The minimum atomic E-state index is -0.0377. The van der Waals surface area contributed by atoms with Gasteiger partial charge in [0.25, 0.3) is 0 Å². The van der Waals surface area contributed by atoms with E-state index in [0.717, 1.165) is 17.5 Å². The molecule has 64 valence electrons. The van der Waals surface area contributed by atoms with Crippen molar-refractivity contribution in [3.63, 3.8) is 0 Å². The highest BCUT2D eigenvalue weighted by atomic mass is 16.3. The lowest BCUT2D eigenvalue weighted by Crippen LogP contribution is -2.02. The number of aryl methyl sites for hydroxylation is 1. The summed E-state index contributed by atoms with van der Waals surface area (Å²) in [5, 5.41) is 11.8. The van der Waals surface area contributed by atoms with E-state index in [1.54, 1.807) is 0 Å². The fourth-order valence-corrected chi connectivity index (χ4v) is 0.893. The minimum absolute atomic E-state index is 0.0377. The summed E-state index contributed by atoms with van der Waals surface area (Å²) in [7, 11) is 0. The first-order valence-corrected chi connectivity index (χ1v) is 3.67. The highest BCUT2D eigenvalue weighted by molar-refractivity contribution is 5.52. The Balaban J connectivity index is 2.82. The van der Waals surface area contributed by atoms with Gasteiger partial charge >= 0.3 is 0 Å². The number of rotatable bonds is 2. The van der Waals surface area contributed by atoms with Crippen molar-refractivity contribution in [3.8, 4) is 0 Å². The zero-order valence-corrected chi connectivity index (χ0v) is 6.91. The van der Waals surface area contributed by atoms with Gasteiger partial charge in [0.15, 0.2) is 0 Å². The molecule has 0 aliphatic rings. The Kier molecular flexibility index (Phi) is 2.58. The van der Waals surface area contributed by atoms with Crippen LogP contribution in [0.4, 0.5) is 5.69 Å². The molecule has 4 N–H and O–H groups in total. The molecule has 1 rings (SSSR count). The van der Waals surface area contributed by atoms with Gasteiger partial charge in [-0.25, -0.2) is 0 Å². The number of aliphatic hydroxyl groups excluding tert-OH is 1. The second-order valence-electron chi connectivity index (χ2n) is 2.49. The van der Waals surface area contributed by atoms with Crippen LogP contribution in [0.5, 0.6) is 0 Å². The fourth-order valence-electron chi connectivity index (χ4n) is 0.893. The molecule has 0 spiro atoms. The number of nitrogens with one attached hydrogen (secondary N) is 1. The normalized spacial score (nSPS) is 11.2. The Morgan fingerprint density at radius 3 is 2.75 bits per heavy atom. The summed E-state index contributed by atoms with van der Waals surface area (Å²) in [5.74, 6) is -0.0377. The van der Waals surface area contributed by atoms with E-state index in [1.165, 1.54) is 0 Å². The van der Waals surface area contributed by atoms with Crippen molar-refractivity contribution in [3.05, 3.63) is 41.9 Å². The molecule has 0 heterocycles. The summed E-state index contributed by atoms with van der Waals surface area (Å²) in [5.41, 5.74) is 7.01. The number of nitrogens with two attached hydrogens (primary N) is 1. The number of hydrogen-bond donors (Lipinski definition) is 3. The average Bonchev–Trinajstić information content (AvgIpc) is 2.09. The second-order valence-corrected chi connectivity index (χ2v) is 2.49. The number of benzene rings is 1. The molecule has 1 aromatic rings. The predicted octanol–water partition coefficient (Wildman–Crippen LogP) is 1.72. The van der Waals surface area contributed by atoms with Crippen LogP contribution in [0.2, 0.25) is 0 Å². The molecule has 3 nitrogen and oxygen atoms in total. The molecule has 0 aliphatic carbocycles. The maximum absolute atomic E-state index is 9.06. The van der Waals surface area contributed by atoms with Gasteiger partial charge < -0.3 is 16.2 Å². The fraction of sp³-hybridized carbons (Fsp3) is 0.111. The maximum atomic E-state index is 9.06. The van der Waals surface area contributed by atoms with Crippen LogP contribution in [0, 0.1) is 6.92 Å². The van der Waals surface area contributed by atoms with Crippen molar-refractivity contribution in [2.45, 2.75) is 6.92 Å². The van der Waals surface area contributed by atoms with E-state index in [2.05, 4.69) is 5.32 Å². The van der Waals surface area contributed by atoms with E-state index in [4.69, 9.17) is 10.8 Å². The Hall–Kier alpha value is -1.64. The maximum Gasteiger partial charge on any atom is 0.204 e. The summed E-state index contributed by atoms with van der Waals surface area (Å²) in [6, 6.07) is 7.64. The number of anilines is 1. The quantitative estimate of drug-likeness (QED) is 0.583. The average molecular weight is 164 g/mol. The molecule has 12 heavy (non-hydrogen) atoms. The highest BCUT2D eigenvalue weighted by Gasteiger charge is 1.96. The molecule has 0 amide bonds. The minimum Gasteiger partial charge on any atom is -0.494 e. The molecular formula is C9H12N2O. The third-order valence-electron chi connectivity index (χ3n) is 1.57. The standard InChI is InChI=1S/C9H12N2O/c1-7-4-2-3-5-8(7)11-9(12)6-10/h2-6,11-12H,10H2,1H3/b9-6+. The third kappa shape index (κ3) is 1.92. The SMILES string of the molecule is Cc1ccccc1N/C(O)=C\N. The highest BCUT2D eigenvalue weighted by Crippen LogP contribution is 2.13. The first-order valence-electron chi connectivity index (χ1n) is 3.67. The molecule has 0 radical (unpaired) electrons. The Bertz CT molecular complexity index is 294. The Morgan fingerprint density at radius 2 is 2.17 bits per heavy atom. The van der Waals surface area contributed by atoms with Crippen LogP contribution >= 0.6 is 0 Å². The Labute approximate surface area is 71.5 Å². The van der Waals surface area contributed by atoms with Gasteiger partial charge in [-0.15, -0.1) is 0 Å². The molecule has 0 saturated heterocycles. The van der Waals surface area contributed by atoms with Crippen LogP contribution < -0.4 is 11.1 Å². The van der Waals surface area contributed by atoms with Crippen LogP contribution in [-0.4, -0.2) is 5.11 Å². The van der Waals surface area contributed by atoms with Crippen molar-refractivity contribution in [1.29, 1.82) is 0 Å². The van der Waals surface area contributed by atoms with Crippen LogP contribution in [0.3, 0.4) is 0 Å². The van der Waals surface area contributed by atoms with Gasteiger partial charge in [0.1, 0.15) is 0 Å². The molecule has 0 unspecified atom stereocenters. The van der Waals surface area contributed by atoms with E-state index in [0.29, 0.717) is 0 Å². The van der Waals surface area contributed by atoms with E-state index < -0.39 is 0 Å². The first-order chi connectivity index (χ1) is 5.74. The summed E-state index contributed by atoms with van der Waals surface area (Å²) in [4.78, 5) is 0. The smallest absolute Gasteiger partial charge is 0.204 e. The molecule has 3 heteroatoms. The lowest BCUT2D eigenvalue weighted by Gasteiger charge is -2.06. The second kappa shape index (κ2) is 3.67. The van der Waals surface area contributed by atoms with Crippen LogP contribution in [-0.2, 0) is 0 Å². The van der Waals surface area contributed by atoms with Crippen LogP contribution in [0.25, 0.3) is 0 Å². The molecule has 1 aromatic carbocycles. The molecular weight excluding hydrogens is 152 g/mol. The van der Waals surface area contributed by atoms with E-state index in [9.17, 15) is 0 Å². The van der Waals surface area contributed by atoms with Crippen molar-refractivity contribution in [2.24, 2.45) is 5.73 Å². The van der Waals surface area contributed by atoms with Gasteiger partial charge in [0.05, 0.1) is 6.20 Å². The summed E-state index contributed by atoms with van der Waals surface area (Å²) in [6.45, 7) is 1.95. The third-order valence-corrected chi connectivity index (χ3v) is 1.57. The lowest BCUT2D eigenvalue weighted by molar-refractivity contribution is 0.417. The molecule has 0 saturated carbocycles. The van der Waals surface area contributed by atoms with Crippen molar-refractivity contribution in [2.75, 3.05) is 5.32 Å². The van der Waals surface area contributed by atoms with Crippen LogP contribution in [0.15, 0.2) is 36.3 Å². The first kappa shape index (κ1) is 8.46. The summed E-state index contributed by atoms with van der Waals surface area (Å²) >= 11 is 0. The van der Waals surface area contributed by atoms with E-state index in [-0.39, 0.29) is 5.88 Å². The predicted molar refractivity (Wildman–Crippen MR) is 49.7 cm³/mol. The molecule has 0 aromatic heterocycles. The lowest BCUT2D eigenvalue weighted by atomic mass is 10.2. The molecule has 0 atom stereocenters. The van der Waals surface area contributed by atoms with Gasteiger partial charge in [0, 0.05) is 5.69 Å². The zero-order valence-electron chi connectivity index (χ0n) is 6.91. The van der Waals surface area contributed by atoms with Crippen molar-refractivity contribution in [1.82, 2.24) is 0 Å². The largest absolute Gasteiger partial charge is 0.494 e. The van der Waals surface area contributed by atoms with E-state index >= 15 is 0 Å². The number of para-hydroxylation sites is 1. The van der Waals surface area contributed by atoms with Gasteiger partial charge in [-0.1, -0.05) is 18.2 Å². The summed E-state index contributed by atoms with van der Waals surface area (Å²) in [6.07, 6.45) is 1.12. The van der Waals surface area contributed by atoms with Gasteiger partial charge in [0.2, 0.25) is 5.88 Å². The van der Waals surface area contributed by atoms with Crippen molar-refractivity contribution >= 4 is 5.69 Å². The van der Waals surface area contributed by atoms with E-state index in [1.807, 2.05) is 31.2 Å². The van der Waals surface area contributed by atoms with Gasteiger partial charge in [-0.2, -0.15) is 0 Å². The topological polar surface area (TPSA) is 58.3 Å². The van der Waals surface area contributed by atoms with Gasteiger partial charge in [-0.05, 0) is 18.6 Å². The number of aliphatic hydroxyl groups is 1. The molecule has 0 fully saturated rings.